The molecular formula is C24H29NO4S. The summed E-state index contributed by atoms with van der Waals surface area (Å²) in [6.07, 6.45) is 1.95. The molecule has 0 spiro atoms. The standard InChI is InChI=1S/C24H29NO4S/c1-5-16(2)20-8-6-7-9-21(20)25-24(28)17(3)29-23(27)15-14-22(26)18-10-12-19(30-4)13-11-18/h6-13,16-17H,5,14-15H2,1-4H3,(H,25,28). The van der Waals surface area contributed by atoms with Crippen LogP contribution in [0.15, 0.2) is 53.4 Å². The van der Waals surface area contributed by atoms with Crippen molar-refractivity contribution in [3.8, 4) is 0 Å². The van der Waals surface area contributed by atoms with Crippen LogP contribution >= 0.6 is 11.8 Å². The van der Waals surface area contributed by atoms with E-state index in [1.165, 1.54) is 6.92 Å². The summed E-state index contributed by atoms with van der Waals surface area (Å²) in [5.41, 5.74) is 2.33. The second-order valence-corrected chi connectivity index (χ2v) is 8.05. The van der Waals surface area contributed by atoms with Gasteiger partial charge in [0, 0.05) is 22.6 Å². The lowest BCUT2D eigenvalue weighted by Gasteiger charge is -2.18. The highest BCUT2D eigenvalue weighted by molar-refractivity contribution is 7.98. The van der Waals surface area contributed by atoms with Gasteiger partial charge in [0.25, 0.3) is 5.91 Å². The van der Waals surface area contributed by atoms with Crippen LogP contribution in [0.2, 0.25) is 0 Å². The minimum absolute atomic E-state index is 0.0443. The van der Waals surface area contributed by atoms with E-state index in [9.17, 15) is 14.4 Å². The number of hydrogen-bond acceptors (Lipinski definition) is 5. The van der Waals surface area contributed by atoms with Crippen molar-refractivity contribution < 1.29 is 19.1 Å². The number of amides is 1. The number of carbonyl (C=O) groups is 3. The number of para-hydroxylation sites is 1. The molecule has 0 radical (unpaired) electrons. The molecule has 0 saturated heterocycles. The highest BCUT2D eigenvalue weighted by atomic mass is 32.2. The van der Waals surface area contributed by atoms with Crippen LogP contribution in [0.1, 0.15) is 61.9 Å². The number of carbonyl (C=O) groups excluding carboxylic acids is 3. The smallest absolute Gasteiger partial charge is 0.307 e. The molecule has 1 N–H and O–H groups in total. The lowest BCUT2D eigenvalue weighted by Crippen LogP contribution is -2.30. The lowest BCUT2D eigenvalue weighted by atomic mass is 9.97. The van der Waals surface area contributed by atoms with E-state index in [4.69, 9.17) is 4.74 Å². The molecule has 2 unspecified atom stereocenters. The van der Waals surface area contributed by atoms with E-state index in [0.717, 1.165) is 22.6 Å². The summed E-state index contributed by atoms with van der Waals surface area (Å²) in [5, 5.41) is 2.85. The maximum absolute atomic E-state index is 12.5. The second kappa shape index (κ2) is 11.6. The first-order valence-corrected chi connectivity index (χ1v) is 11.3. The summed E-state index contributed by atoms with van der Waals surface area (Å²) >= 11 is 1.60. The second-order valence-electron chi connectivity index (χ2n) is 7.17. The Balaban J connectivity index is 1.86. The molecule has 0 heterocycles. The Labute approximate surface area is 182 Å². The van der Waals surface area contributed by atoms with Crippen LogP contribution < -0.4 is 5.32 Å². The Morgan fingerprint density at radius 3 is 2.30 bits per heavy atom. The Kier molecular flexibility index (Phi) is 9.12. The normalized spacial score (nSPS) is 12.7. The number of thioether (sulfide) groups is 1. The number of ether oxygens (including phenoxy) is 1. The van der Waals surface area contributed by atoms with Crippen molar-refractivity contribution in [1.29, 1.82) is 0 Å². The Morgan fingerprint density at radius 2 is 1.67 bits per heavy atom. The van der Waals surface area contributed by atoms with Gasteiger partial charge in [0.2, 0.25) is 0 Å². The summed E-state index contributed by atoms with van der Waals surface area (Å²) in [6.45, 7) is 5.72. The third-order valence-corrected chi connectivity index (χ3v) is 5.75. The van der Waals surface area contributed by atoms with Crippen molar-refractivity contribution in [2.24, 2.45) is 0 Å². The van der Waals surface area contributed by atoms with Gasteiger partial charge in [-0.15, -0.1) is 11.8 Å². The zero-order valence-corrected chi connectivity index (χ0v) is 18.8. The molecule has 1 amide bonds. The fourth-order valence-electron chi connectivity index (χ4n) is 2.94. The first-order chi connectivity index (χ1) is 14.3. The predicted octanol–water partition coefficient (Wildman–Crippen LogP) is 5.46. The van der Waals surface area contributed by atoms with Gasteiger partial charge in [0.1, 0.15) is 0 Å². The summed E-state index contributed by atoms with van der Waals surface area (Å²) < 4.78 is 5.23. The summed E-state index contributed by atoms with van der Waals surface area (Å²) in [7, 11) is 0. The van der Waals surface area contributed by atoms with Gasteiger partial charge in [-0.3, -0.25) is 14.4 Å². The van der Waals surface area contributed by atoms with Crippen LogP contribution in [0.25, 0.3) is 0 Å². The van der Waals surface area contributed by atoms with Gasteiger partial charge in [-0.2, -0.15) is 0 Å². The summed E-state index contributed by atoms with van der Waals surface area (Å²) in [5.74, 6) is -0.783. The number of Topliss-reactive ketones (excluding diaryl/α,β-unsaturated/α-hetero) is 1. The third-order valence-electron chi connectivity index (χ3n) is 5.01. The van der Waals surface area contributed by atoms with E-state index in [0.29, 0.717) is 11.5 Å². The molecule has 0 saturated carbocycles. The molecule has 6 heteroatoms. The van der Waals surface area contributed by atoms with Gasteiger partial charge >= 0.3 is 5.97 Å². The molecule has 0 aliphatic heterocycles. The molecule has 2 rings (SSSR count). The zero-order chi connectivity index (χ0) is 22.1. The van der Waals surface area contributed by atoms with Crippen molar-refractivity contribution in [3.63, 3.8) is 0 Å². The van der Waals surface area contributed by atoms with Crippen LogP contribution in [0.5, 0.6) is 0 Å². The van der Waals surface area contributed by atoms with Crippen molar-refractivity contribution in [2.75, 3.05) is 11.6 Å². The molecule has 30 heavy (non-hydrogen) atoms. The van der Waals surface area contributed by atoms with E-state index in [-0.39, 0.29) is 18.6 Å². The Hall–Kier alpha value is -2.60. The number of nitrogens with one attached hydrogen (secondary N) is 1. The minimum Gasteiger partial charge on any atom is -0.453 e. The van der Waals surface area contributed by atoms with Gasteiger partial charge in [-0.1, -0.05) is 44.2 Å². The van der Waals surface area contributed by atoms with Crippen LogP contribution in [0.4, 0.5) is 5.69 Å². The fourth-order valence-corrected chi connectivity index (χ4v) is 3.35. The van der Waals surface area contributed by atoms with Gasteiger partial charge in [-0.25, -0.2) is 0 Å². The van der Waals surface area contributed by atoms with Crippen LogP contribution in [-0.2, 0) is 14.3 Å². The van der Waals surface area contributed by atoms with E-state index >= 15 is 0 Å². The lowest BCUT2D eigenvalue weighted by molar-refractivity contribution is -0.153. The molecule has 0 aliphatic rings. The predicted molar refractivity (Wildman–Crippen MR) is 121 cm³/mol. The molecule has 0 aromatic heterocycles. The molecule has 0 fully saturated rings. The number of hydrogen-bond donors (Lipinski definition) is 1. The number of rotatable bonds is 10. The summed E-state index contributed by atoms with van der Waals surface area (Å²) in [6, 6.07) is 14.9. The summed E-state index contributed by atoms with van der Waals surface area (Å²) in [4.78, 5) is 37.9. The molecule has 2 aromatic rings. The number of ketones is 1. The Morgan fingerprint density at radius 1 is 1.00 bits per heavy atom. The molecule has 160 valence electrons. The van der Waals surface area contributed by atoms with E-state index in [1.807, 2.05) is 42.7 Å². The van der Waals surface area contributed by atoms with E-state index in [2.05, 4.69) is 19.2 Å². The monoisotopic (exact) mass is 427 g/mol. The highest BCUT2D eigenvalue weighted by Gasteiger charge is 2.20. The maximum atomic E-state index is 12.5. The molecule has 5 nitrogen and oxygen atoms in total. The molecule has 2 atom stereocenters. The molecule has 2 aromatic carbocycles. The third kappa shape index (κ3) is 6.73. The van der Waals surface area contributed by atoms with Crippen LogP contribution in [0.3, 0.4) is 0 Å². The van der Waals surface area contributed by atoms with Gasteiger partial charge in [-0.05, 0) is 49.3 Å². The number of benzene rings is 2. The largest absolute Gasteiger partial charge is 0.453 e. The average Bonchev–Trinajstić information content (AvgIpc) is 2.77. The number of esters is 1. The Bertz CT molecular complexity index is 879. The first-order valence-electron chi connectivity index (χ1n) is 10.1. The first kappa shape index (κ1) is 23.7. The van der Waals surface area contributed by atoms with Crippen LogP contribution in [0, 0.1) is 0 Å². The SMILES string of the molecule is CCC(C)c1ccccc1NC(=O)C(C)OC(=O)CCC(=O)c1ccc(SC)cc1. The quantitative estimate of drug-likeness (QED) is 0.310. The van der Waals surface area contributed by atoms with Crippen molar-refractivity contribution in [1.82, 2.24) is 0 Å². The fraction of sp³-hybridized carbons (Fsp3) is 0.375. The molecular weight excluding hydrogens is 398 g/mol. The topological polar surface area (TPSA) is 72.5 Å². The van der Waals surface area contributed by atoms with Crippen molar-refractivity contribution in [2.45, 2.75) is 57.0 Å². The van der Waals surface area contributed by atoms with Gasteiger partial charge < -0.3 is 10.1 Å². The van der Waals surface area contributed by atoms with Crippen molar-refractivity contribution in [3.05, 3.63) is 59.7 Å². The van der Waals surface area contributed by atoms with Gasteiger partial charge in [0.15, 0.2) is 11.9 Å². The van der Waals surface area contributed by atoms with E-state index in [1.54, 1.807) is 23.9 Å². The molecule has 0 bridgehead atoms. The molecule has 0 aliphatic carbocycles. The van der Waals surface area contributed by atoms with Gasteiger partial charge in [0.05, 0.1) is 6.42 Å². The van der Waals surface area contributed by atoms with Crippen LogP contribution in [-0.4, -0.2) is 30.0 Å². The average molecular weight is 428 g/mol. The van der Waals surface area contributed by atoms with Crippen molar-refractivity contribution >= 4 is 35.1 Å². The maximum Gasteiger partial charge on any atom is 0.307 e. The highest BCUT2D eigenvalue weighted by Crippen LogP contribution is 2.26. The number of anilines is 1. The minimum atomic E-state index is -0.946. The van der Waals surface area contributed by atoms with E-state index < -0.39 is 18.0 Å². The zero-order valence-electron chi connectivity index (χ0n) is 17.9.